The maximum absolute atomic E-state index is 12.8. The van der Waals surface area contributed by atoms with Crippen molar-refractivity contribution in [1.82, 2.24) is 14.7 Å². The Morgan fingerprint density at radius 1 is 1.00 bits per heavy atom. The van der Waals surface area contributed by atoms with Gasteiger partial charge in [0.2, 0.25) is 11.8 Å². The van der Waals surface area contributed by atoms with Gasteiger partial charge in [0.05, 0.1) is 6.54 Å². The van der Waals surface area contributed by atoms with E-state index >= 15 is 0 Å². The van der Waals surface area contributed by atoms with Crippen LogP contribution >= 0.6 is 24.8 Å². The Balaban J connectivity index is 0.00000312. The highest BCUT2D eigenvalue weighted by Gasteiger charge is 2.30. The fourth-order valence-electron chi connectivity index (χ4n) is 3.93. The van der Waals surface area contributed by atoms with Gasteiger partial charge in [-0.05, 0) is 39.5 Å². The average Bonchev–Trinajstić information content (AvgIpc) is 2.81. The lowest BCUT2D eigenvalue weighted by Crippen LogP contribution is -2.43. The van der Waals surface area contributed by atoms with Crippen LogP contribution in [-0.2, 0) is 9.59 Å². The number of hydrogen-bond acceptors (Lipinski definition) is 4. The van der Waals surface area contributed by atoms with Crippen molar-refractivity contribution in [2.24, 2.45) is 11.7 Å². The Morgan fingerprint density at radius 2 is 1.69 bits per heavy atom. The first kappa shape index (κ1) is 25.4. The second kappa shape index (κ2) is 12.8. The topological polar surface area (TPSA) is 69.9 Å². The number of likely N-dealkylation sites (N-methyl/N-ethyl adjacent to an activating group) is 1. The molecule has 2 amide bonds. The Labute approximate surface area is 170 Å². The maximum atomic E-state index is 12.8. The lowest BCUT2D eigenvalue weighted by atomic mass is 9.85. The molecule has 2 rings (SSSR count). The van der Waals surface area contributed by atoms with Crippen LogP contribution < -0.4 is 5.73 Å². The monoisotopic (exact) mass is 410 g/mol. The van der Waals surface area contributed by atoms with Crippen molar-refractivity contribution in [3.05, 3.63) is 0 Å². The number of amides is 2. The van der Waals surface area contributed by atoms with Gasteiger partial charge in [0.1, 0.15) is 0 Å². The van der Waals surface area contributed by atoms with Crippen molar-refractivity contribution in [1.29, 1.82) is 0 Å². The Bertz CT molecular complexity index is 435. The molecule has 1 saturated heterocycles. The highest BCUT2D eigenvalue weighted by atomic mass is 35.5. The van der Waals surface area contributed by atoms with E-state index in [2.05, 4.69) is 4.90 Å². The van der Waals surface area contributed by atoms with Crippen LogP contribution in [0.1, 0.15) is 46.0 Å². The lowest BCUT2D eigenvalue weighted by molar-refractivity contribution is -0.136. The van der Waals surface area contributed by atoms with Crippen molar-refractivity contribution >= 4 is 36.6 Å². The Kier molecular flexibility index (Phi) is 12.5. The molecule has 0 aromatic heterocycles. The molecule has 1 aliphatic carbocycles. The number of nitrogens with two attached hydrogens (primary N) is 1. The van der Waals surface area contributed by atoms with E-state index in [0.29, 0.717) is 6.54 Å². The van der Waals surface area contributed by atoms with Gasteiger partial charge in [-0.2, -0.15) is 0 Å². The van der Waals surface area contributed by atoms with Crippen LogP contribution in [-0.4, -0.2) is 78.4 Å². The van der Waals surface area contributed by atoms with E-state index in [1.807, 2.05) is 23.6 Å². The largest absolute Gasteiger partial charge is 0.342 e. The van der Waals surface area contributed by atoms with Crippen LogP contribution in [0.3, 0.4) is 0 Å². The molecule has 2 unspecified atom stereocenters. The number of halogens is 2. The number of nitrogens with zero attached hydrogens (tertiary/aromatic N) is 3. The minimum Gasteiger partial charge on any atom is -0.342 e. The summed E-state index contributed by atoms with van der Waals surface area (Å²) in [4.78, 5) is 31.1. The van der Waals surface area contributed by atoms with E-state index in [-0.39, 0.29) is 48.6 Å². The van der Waals surface area contributed by atoms with Gasteiger partial charge in [0.15, 0.2) is 0 Å². The van der Waals surface area contributed by atoms with Crippen LogP contribution in [0.15, 0.2) is 0 Å². The summed E-state index contributed by atoms with van der Waals surface area (Å²) in [6.45, 7) is 9.23. The van der Waals surface area contributed by atoms with Gasteiger partial charge < -0.3 is 15.5 Å². The summed E-state index contributed by atoms with van der Waals surface area (Å²) in [5.41, 5.74) is 6.03. The van der Waals surface area contributed by atoms with E-state index in [0.717, 1.165) is 71.4 Å². The molecular weight excluding hydrogens is 375 g/mol. The molecule has 0 aromatic rings. The zero-order chi connectivity index (χ0) is 17.5. The standard InChI is InChI=1S/C18H34N4O2.2ClH/c1-3-21(4-2)17(23)14-20-9-6-10-22(12-11-20)18(24)15-7-5-8-16(19)13-15;;/h15-16H,3-14,19H2,1-2H3;2*1H. The number of carbonyl (C=O) groups excluding carboxylic acids is 2. The average molecular weight is 411 g/mol. The predicted molar refractivity (Wildman–Crippen MR) is 110 cm³/mol. The van der Waals surface area contributed by atoms with Gasteiger partial charge in [-0.1, -0.05) is 6.42 Å². The summed E-state index contributed by atoms with van der Waals surface area (Å²) in [6.07, 6.45) is 4.86. The summed E-state index contributed by atoms with van der Waals surface area (Å²) in [5, 5.41) is 0. The van der Waals surface area contributed by atoms with Gasteiger partial charge in [-0.25, -0.2) is 0 Å². The van der Waals surface area contributed by atoms with Crippen LogP contribution in [0.2, 0.25) is 0 Å². The van der Waals surface area contributed by atoms with E-state index in [1.165, 1.54) is 0 Å². The molecule has 1 heterocycles. The normalized spacial score (nSPS) is 24.0. The van der Waals surface area contributed by atoms with Gasteiger partial charge in [-0.15, -0.1) is 24.8 Å². The van der Waals surface area contributed by atoms with E-state index in [1.54, 1.807) is 0 Å². The third-order valence-electron chi connectivity index (χ3n) is 5.44. The van der Waals surface area contributed by atoms with Gasteiger partial charge >= 0.3 is 0 Å². The van der Waals surface area contributed by atoms with E-state index < -0.39 is 0 Å². The number of carbonyl (C=O) groups is 2. The fourth-order valence-corrected chi connectivity index (χ4v) is 3.93. The molecule has 2 N–H and O–H groups in total. The molecular formula is C18H36Cl2N4O2. The van der Waals surface area contributed by atoms with Gasteiger partial charge in [-0.3, -0.25) is 14.5 Å². The van der Waals surface area contributed by atoms with Gasteiger partial charge in [0.25, 0.3) is 0 Å². The van der Waals surface area contributed by atoms with Crippen LogP contribution in [0.5, 0.6) is 0 Å². The molecule has 154 valence electrons. The van der Waals surface area contributed by atoms with Gasteiger partial charge in [0, 0.05) is 51.2 Å². The van der Waals surface area contributed by atoms with E-state index in [9.17, 15) is 9.59 Å². The lowest BCUT2D eigenvalue weighted by Gasteiger charge is -2.31. The van der Waals surface area contributed by atoms with Crippen molar-refractivity contribution in [3.63, 3.8) is 0 Å². The first-order valence-corrected chi connectivity index (χ1v) is 9.59. The minimum atomic E-state index is 0. The van der Waals surface area contributed by atoms with Crippen molar-refractivity contribution < 1.29 is 9.59 Å². The molecule has 2 aliphatic rings. The van der Waals surface area contributed by atoms with Crippen molar-refractivity contribution in [3.8, 4) is 0 Å². The first-order chi connectivity index (χ1) is 11.5. The highest BCUT2D eigenvalue weighted by molar-refractivity contribution is 5.85. The zero-order valence-corrected chi connectivity index (χ0v) is 17.8. The molecule has 0 spiro atoms. The summed E-state index contributed by atoms with van der Waals surface area (Å²) >= 11 is 0. The number of hydrogen-bond donors (Lipinski definition) is 1. The minimum absolute atomic E-state index is 0. The molecule has 8 heteroatoms. The molecule has 26 heavy (non-hydrogen) atoms. The molecule has 2 fully saturated rings. The van der Waals surface area contributed by atoms with E-state index in [4.69, 9.17) is 5.73 Å². The fraction of sp³-hybridized carbons (Fsp3) is 0.889. The van der Waals surface area contributed by atoms with Crippen LogP contribution in [0.4, 0.5) is 0 Å². The molecule has 0 bridgehead atoms. The second-order valence-corrected chi connectivity index (χ2v) is 7.14. The molecule has 1 saturated carbocycles. The molecule has 0 aromatic carbocycles. The van der Waals surface area contributed by atoms with Crippen LogP contribution in [0, 0.1) is 5.92 Å². The van der Waals surface area contributed by atoms with Crippen molar-refractivity contribution in [2.45, 2.75) is 52.0 Å². The van der Waals surface area contributed by atoms with Crippen molar-refractivity contribution in [2.75, 3.05) is 45.8 Å². The Morgan fingerprint density at radius 3 is 2.31 bits per heavy atom. The predicted octanol–water partition coefficient (Wildman–Crippen LogP) is 1.75. The molecule has 2 atom stereocenters. The Hall–Kier alpha value is -0.560. The maximum Gasteiger partial charge on any atom is 0.236 e. The highest BCUT2D eigenvalue weighted by Crippen LogP contribution is 2.25. The summed E-state index contributed by atoms with van der Waals surface area (Å²) < 4.78 is 0. The quantitative estimate of drug-likeness (QED) is 0.749. The summed E-state index contributed by atoms with van der Waals surface area (Å²) in [6, 6.07) is 0.183. The second-order valence-electron chi connectivity index (χ2n) is 7.14. The molecule has 6 nitrogen and oxygen atoms in total. The summed E-state index contributed by atoms with van der Waals surface area (Å²) in [5.74, 6) is 0.581. The first-order valence-electron chi connectivity index (χ1n) is 9.59. The summed E-state index contributed by atoms with van der Waals surface area (Å²) in [7, 11) is 0. The van der Waals surface area contributed by atoms with Crippen LogP contribution in [0.25, 0.3) is 0 Å². The third-order valence-corrected chi connectivity index (χ3v) is 5.44. The third kappa shape index (κ3) is 7.22. The number of rotatable bonds is 5. The molecule has 0 radical (unpaired) electrons. The SMILES string of the molecule is CCN(CC)C(=O)CN1CCCN(C(=O)C2CCCC(N)C2)CC1.Cl.Cl. The smallest absolute Gasteiger partial charge is 0.236 e. The molecule has 1 aliphatic heterocycles. The zero-order valence-electron chi connectivity index (χ0n) is 16.2.